The number of phenols is 2. The number of nitrogens with zero attached hydrogens (tertiary/aromatic N) is 2. The fraction of sp³-hybridized carbons (Fsp3) is 0.0370. The molecule has 3 aromatic rings. The van der Waals surface area contributed by atoms with Crippen molar-refractivity contribution < 1.29 is 10.2 Å². The molecule has 3 N–H and O–H groups in total. The summed E-state index contributed by atoms with van der Waals surface area (Å²) in [7, 11) is 0. The molecule has 3 aromatic carbocycles. The van der Waals surface area contributed by atoms with Crippen molar-refractivity contribution in [1.29, 1.82) is 0 Å². The van der Waals surface area contributed by atoms with Gasteiger partial charge in [0.2, 0.25) is 0 Å². The third-order valence-corrected chi connectivity index (χ3v) is 5.27. The van der Waals surface area contributed by atoms with Gasteiger partial charge in [0.25, 0.3) is 5.56 Å². The summed E-state index contributed by atoms with van der Waals surface area (Å²) >= 11 is 0. The largest absolute Gasteiger partial charge is 0.508 e. The highest BCUT2D eigenvalue weighted by Gasteiger charge is 2.19. The zero-order valence-electron chi connectivity index (χ0n) is 17.5. The smallest absolute Gasteiger partial charge is 0.278 e. The standard InChI is InChI=1S/C27H19N3O3/c31-21-11-6-19(7-12-21)16-24-27(33)30-17-25(20-9-13-22(32)14-10-20)28-23(26(30)29-24)15-8-18-4-2-1-3-5-18/h1-7,9-14,17,28,31-32H,16H2. The van der Waals surface area contributed by atoms with E-state index in [9.17, 15) is 15.0 Å². The second-order valence-electron chi connectivity index (χ2n) is 7.61. The summed E-state index contributed by atoms with van der Waals surface area (Å²) in [6.45, 7) is 0. The Kier molecular flexibility index (Phi) is 5.13. The number of phenolic OH excluding ortho intramolecular Hbond substituents is 2. The first-order chi connectivity index (χ1) is 16.1. The highest BCUT2D eigenvalue weighted by molar-refractivity contribution is 5.62. The maximum absolute atomic E-state index is 13.2. The molecule has 0 saturated heterocycles. The van der Waals surface area contributed by atoms with Crippen LogP contribution in [0.25, 0.3) is 17.1 Å². The number of fused-ring (bicyclic) bond motifs is 1. The van der Waals surface area contributed by atoms with Gasteiger partial charge in [-0.2, -0.15) is 0 Å². The summed E-state index contributed by atoms with van der Waals surface area (Å²) in [5, 5.41) is 19.2. The Morgan fingerprint density at radius 1 is 0.848 bits per heavy atom. The molecule has 5 rings (SSSR count). The molecular formula is C27H19N3O3. The van der Waals surface area contributed by atoms with E-state index >= 15 is 0 Å². The lowest BCUT2D eigenvalue weighted by atomic mass is 10.1. The fourth-order valence-electron chi connectivity index (χ4n) is 3.57. The van der Waals surface area contributed by atoms with Crippen molar-refractivity contribution in [2.75, 3.05) is 0 Å². The lowest BCUT2D eigenvalue weighted by Gasteiger charge is -2.09. The molecule has 2 heterocycles. The number of imidazole rings is 1. The van der Waals surface area contributed by atoms with Gasteiger partial charge in [0.05, 0.1) is 5.69 Å². The van der Waals surface area contributed by atoms with Gasteiger partial charge in [0, 0.05) is 18.2 Å². The minimum atomic E-state index is -0.227. The molecule has 0 radical (unpaired) electrons. The first kappa shape index (κ1) is 20.2. The second-order valence-corrected chi connectivity index (χ2v) is 7.61. The maximum atomic E-state index is 13.2. The van der Waals surface area contributed by atoms with Crippen LogP contribution in [0.4, 0.5) is 0 Å². The first-order valence-electron chi connectivity index (χ1n) is 10.4. The van der Waals surface area contributed by atoms with Crippen LogP contribution in [0, 0.1) is 11.8 Å². The number of aromatic hydroxyl groups is 2. The summed E-state index contributed by atoms with van der Waals surface area (Å²) < 4.78 is 1.50. The number of hydrogen-bond donors (Lipinski definition) is 3. The number of aromatic amines is 1. The lowest BCUT2D eigenvalue weighted by Crippen LogP contribution is -2.17. The van der Waals surface area contributed by atoms with Crippen molar-refractivity contribution in [3.05, 3.63) is 118 Å². The molecule has 0 bridgehead atoms. The number of H-pyrrole nitrogens is 1. The predicted molar refractivity (Wildman–Crippen MR) is 126 cm³/mol. The van der Waals surface area contributed by atoms with Crippen molar-refractivity contribution in [3.8, 4) is 40.4 Å². The first-order valence-corrected chi connectivity index (χ1v) is 10.4. The van der Waals surface area contributed by atoms with E-state index in [1.54, 1.807) is 54.7 Å². The Morgan fingerprint density at radius 2 is 1.52 bits per heavy atom. The van der Waals surface area contributed by atoms with E-state index in [2.05, 4.69) is 21.8 Å². The van der Waals surface area contributed by atoms with Crippen LogP contribution < -0.4 is 5.56 Å². The quantitative estimate of drug-likeness (QED) is 0.374. The van der Waals surface area contributed by atoms with Crippen LogP contribution in [0.15, 0.2) is 89.9 Å². The number of benzene rings is 3. The molecule has 0 amide bonds. The predicted octanol–water partition coefficient (Wildman–Crippen LogP) is 4.07. The second kappa shape index (κ2) is 8.40. The molecule has 160 valence electrons. The molecule has 0 atom stereocenters. The van der Waals surface area contributed by atoms with Crippen molar-refractivity contribution in [1.82, 2.24) is 14.5 Å². The average Bonchev–Trinajstić information content (AvgIpc) is 3.15. The topological polar surface area (TPSA) is 91.1 Å². The summed E-state index contributed by atoms with van der Waals surface area (Å²) in [5.41, 5.74) is 3.86. The number of rotatable bonds is 3. The van der Waals surface area contributed by atoms with Gasteiger partial charge in [0.1, 0.15) is 22.9 Å². The van der Waals surface area contributed by atoms with Crippen LogP contribution in [0.3, 0.4) is 0 Å². The lowest BCUT2D eigenvalue weighted by molar-refractivity contribution is 0.474. The van der Waals surface area contributed by atoms with Gasteiger partial charge in [-0.1, -0.05) is 36.3 Å². The number of aromatic nitrogens is 3. The highest BCUT2D eigenvalue weighted by atomic mass is 16.3. The molecule has 0 fully saturated rings. The number of nitrogens with one attached hydrogen (secondary N) is 1. The molecule has 2 aliphatic rings. The van der Waals surface area contributed by atoms with Crippen molar-refractivity contribution >= 4 is 0 Å². The van der Waals surface area contributed by atoms with Crippen LogP contribution in [0.5, 0.6) is 11.5 Å². The van der Waals surface area contributed by atoms with Gasteiger partial charge < -0.3 is 15.2 Å². The van der Waals surface area contributed by atoms with Crippen LogP contribution in [-0.2, 0) is 6.42 Å². The average molecular weight is 433 g/mol. The molecule has 6 heteroatoms. The minimum absolute atomic E-state index is 0.159. The Balaban J connectivity index is 1.65. The van der Waals surface area contributed by atoms with Crippen LogP contribution in [0.2, 0.25) is 0 Å². The third kappa shape index (κ3) is 4.21. The van der Waals surface area contributed by atoms with E-state index in [-0.39, 0.29) is 17.1 Å². The summed E-state index contributed by atoms with van der Waals surface area (Å²) in [6.07, 6.45) is 2.03. The zero-order valence-corrected chi connectivity index (χ0v) is 17.5. The summed E-state index contributed by atoms with van der Waals surface area (Å²) in [6, 6.07) is 23.0. The van der Waals surface area contributed by atoms with Crippen LogP contribution in [0.1, 0.15) is 22.5 Å². The Hall–Kier alpha value is -4.76. The Bertz CT molecular complexity index is 1500. The summed E-state index contributed by atoms with van der Waals surface area (Å²) in [5.74, 6) is 7.02. The molecule has 0 aliphatic carbocycles. The molecule has 2 aliphatic heterocycles. The van der Waals surface area contributed by atoms with E-state index in [0.717, 1.165) is 16.7 Å². The summed E-state index contributed by atoms with van der Waals surface area (Å²) in [4.78, 5) is 21.1. The van der Waals surface area contributed by atoms with Gasteiger partial charge in [0.15, 0.2) is 5.82 Å². The van der Waals surface area contributed by atoms with E-state index in [1.165, 1.54) is 4.57 Å². The highest BCUT2D eigenvalue weighted by Crippen LogP contribution is 2.23. The van der Waals surface area contributed by atoms with Gasteiger partial charge >= 0.3 is 0 Å². The Morgan fingerprint density at radius 3 is 2.21 bits per heavy atom. The van der Waals surface area contributed by atoms with Gasteiger partial charge in [-0.3, -0.25) is 9.36 Å². The van der Waals surface area contributed by atoms with E-state index in [0.29, 0.717) is 29.3 Å². The Labute approximate surface area is 189 Å². The molecule has 6 nitrogen and oxygen atoms in total. The molecule has 0 unspecified atom stereocenters. The van der Waals surface area contributed by atoms with E-state index < -0.39 is 0 Å². The SMILES string of the molecule is O=c1c(Cc2ccc(O)cc2)nc2c(C#Cc3ccccc3)[nH]c(-c3ccc(O)cc3)cn1-2. The molecular weight excluding hydrogens is 414 g/mol. The zero-order chi connectivity index (χ0) is 22.8. The molecule has 33 heavy (non-hydrogen) atoms. The molecule has 0 saturated carbocycles. The third-order valence-electron chi connectivity index (χ3n) is 5.27. The van der Waals surface area contributed by atoms with Gasteiger partial charge in [-0.25, -0.2) is 4.98 Å². The monoisotopic (exact) mass is 433 g/mol. The van der Waals surface area contributed by atoms with E-state index in [4.69, 9.17) is 0 Å². The van der Waals surface area contributed by atoms with Crippen molar-refractivity contribution in [2.24, 2.45) is 0 Å². The maximum Gasteiger partial charge on any atom is 0.278 e. The van der Waals surface area contributed by atoms with Crippen LogP contribution in [-0.4, -0.2) is 24.7 Å². The molecule has 0 spiro atoms. The minimum Gasteiger partial charge on any atom is -0.508 e. The fourth-order valence-corrected chi connectivity index (χ4v) is 3.57. The van der Waals surface area contributed by atoms with Crippen molar-refractivity contribution in [2.45, 2.75) is 6.42 Å². The van der Waals surface area contributed by atoms with Gasteiger partial charge in [-0.15, -0.1) is 0 Å². The normalized spacial score (nSPS) is 10.7. The molecule has 0 aromatic heterocycles. The van der Waals surface area contributed by atoms with Crippen LogP contribution >= 0.6 is 0 Å². The number of hydrogen-bond acceptors (Lipinski definition) is 4. The van der Waals surface area contributed by atoms with Crippen molar-refractivity contribution in [3.63, 3.8) is 0 Å². The van der Waals surface area contributed by atoms with E-state index in [1.807, 2.05) is 30.3 Å². The van der Waals surface area contributed by atoms with Gasteiger partial charge in [-0.05, 0) is 65.6 Å².